The van der Waals surface area contributed by atoms with E-state index in [0.29, 0.717) is 5.95 Å². The molecule has 1 aromatic carbocycles. The standard InChI is InChI=1S/C12H12N8/c13-20-8-16-19-12(20)18-15-7-10-6-14-17-11(10)9-4-2-1-3-5-9/h1-8H,13H2,(H,14,17)(H,18,19). The molecular formula is C12H12N8. The minimum absolute atomic E-state index is 0.353. The monoisotopic (exact) mass is 268 g/mol. The summed E-state index contributed by atoms with van der Waals surface area (Å²) in [6, 6.07) is 9.88. The van der Waals surface area contributed by atoms with E-state index in [2.05, 4.69) is 30.9 Å². The van der Waals surface area contributed by atoms with Crippen molar-refractivity contribution >= 4 is 12.2 Å². The Hall–Kier alpha value is -3.16. The molecule has 0 radical (unpaired) electrons. The third-order valence-corrected chi connectivity index (χ3v) is 2.67. The molecule has 20 heavy (non-hydrogen) atoms. The Kier molecular flexibility index (Phi) is 3.11. The fraction of sp³-hybridized carbons (Fsp3) is 0. The summed E-state index contributed by atoms with van der Waals surface area (Å²) in [6.07, 6.45) is 4.71. The van der Waals surface area contributed by atoms with Crippen molar-refractivity contribution in [2.45, 2.75) is 0 Å². The lowest BCUT2D eigenvalue weighted by Gasteiger charge is -1.99. The molecule has 2 heterocycles. The van der Waals surface area contributed by atoms with Crippen LogP contribution < -0.4 is 11.3 Å². The van der Waals surface area contributed by atoms with Crippen LogP contribution in [0.1, 0.15) is 5.56 Å². The van der Waals surface area contributed by atoms with Gasteiger partial charge in [0.15, 0.2) is 0 Å². The van der Waals surface area contributed by atoms with Crippen LogP contribution in [0.4, 0.5) is 5.95 Å². The van der Waals surface area contributed by atoms with Gasteiger partial charge >= 0.3 is 0 Å². The second-order valence-corrected chi connectivity index (χ2v) is 4.00. The zero-order valence-corrected chi connectivity index (χ0v) is 10.4. The SMILES string of the molecule is Nn1cnnc1NN=Cc1cn[nH]c1-c1ccccc1. The largest absolute Gasteiger partial charge is 0.335 e. The first-order chi connectivity index (χ1) is 9.84. The zero-order valence-electron chi connectivity index (χ0n) is 10.4. The zero-order chi connectivity index (χ0) is 13.8. The predicted molar refractivity (Wildman–Crippen MR) is 75.4 cm³/mol. The highest BCUT2D eigenvalue weighted by Gasteiger charge is 2.05. The number of rotatable bonds is 4. The van der Waals surface area contributed by atoms with Crippen LogP contribution in [-0.2, 0) is 0 Å². The summed E-state index contributed by atoms with van der Waals surface area (Å²) < 4.78 is 1.24. The van der Waals surface area contributed by atoms with Gasteiger partial charge in [0.05, 0.1) is 18.1 Å². The maximum absolute atomic E-state index is 5.56. The van der Waals surface area contributed by atoms with Gasteiger partial charge in [0.2, 0.25) is 0 Å². The maximum atomic E-state index is 5.56. The molecule has 8 nitrogen and oxygen atoms in total. The number of benzene rings is 1. The summed E-state index contributed by atoms with van der Waals surface area (Å²) in [5.41, 5.74) is 5.48. The number of nitrogens with zero attached hydrogens (tertiary/aromatic N) is 5. The van der Waals surface area contributed by atoms with Crippen LogP contribution in [0.2, 0.25) is 0 Å². The molecular weight excluding hydrogens is 256 g/mol. The van der Waals surface area contributed by atoms with Crippen molar-refractivity contribution in [2.24, 2.45) is 5.10 Å². The second-order valence-electron chi connectivity index (χ2n) is 4.00. The lowest BCUT2D eigenvalue weighted by molar-refractivity contribution is 0.988. The minimum atomic E-state index is 0.353. The quantitative estimate of drug-likeness (QED) is 0.369. The molecule has 0 spiro atoms. The summed E-state index contributed by atoms with van der Waals surface area (Å²) >= 11 is 0. The van der Waals surface area contributed by atoms with Crippen LogP contribution in [0.3, 0.4) is 0 Å². The third kappa shape index (κ3) is 2.34. The Morgan fingerprint density at radius 1 is 1.30 bits per heavy atom. The van der Waals surface area contributed by atoms with Gasteiger partial charge in [0.25, 0.3) is 5.95 Å². The first-order valence-electron chi connectivity index (χ1n) is 5.87. The molecule has 0 saturated heterocycles. The lowest BCUT2D eigenvalue weighted by Crippen LogP contribution is -2.10. The van der Waals surface area contributed by atoms with Crippen molar-refractivity contribution in [3.63, 3.8) is 0 Å². The van der Waals surface area contributed by atoms with Crippen LogP contribution in [-0.4, -0.2) is 31.3 Å². The van der Waals surface area contributed by atoms with Gasteiger partial charge < -0.3 is 5.84 Å². The maximum Gasteiger partial charge on any atom is 0.263 e. The van der Waals surface area contributed by atoms with Gasteiger partial charge in [-0.1, -0.05) is 30.3 Å². The Labute approximate surface area is 114 Å². The number of hydrogen-bond donors (Lipinski definition) is 3. The molecule has 0 saturated carbocycles. The predicted octanol–water partition coefficient (Wildman–Crippen LogP) is 0.828. The fourth-order valence-electron chi connectivity index (χ4n) is 1.71. The third-order valence-electron chi connectivity index (χ3n) is 2.67. The van der Waals surface area contributed by atoms with Gasteiger partial charge in [0, 0.05) is 11.1 Å². The first kappa shape index (κ1) is 11.9. The molecule has 0 aliphatic carbocycles. The highest BCUT2D eigenvalue weighted by molar-refractivity contribution is 5.88. The average Bonchev–Trinajstić information content (AvgIpc) is 3.10. The van der Waals surface area contributed by atoms with Crippen LogP contribution in [0, 0.1) is 0 Å². The molecule has 4 N–H and O–H groups in total. The van der Waals surface area contributed by atoms with Gasteiger partial charge in [-0.2, -0.15) is 10.2 Å². The molecule has 0 amide bonds. The number of aromatic amines is 1. The molecule has 0 aliphatic rings. The van der Waals surface area contributed by atoms with Crippen LogP contribution in [0.15, 0.2) is 48.0 Å². The van der Waals surface area contributed by atoms with Crippen molar-refractivity contribution in [1.29, 1.82) is 0 Å². The van der Waals surface area contributed by atoms with Gasteiger partial charge in [-0.3, -0.25) is 5.10 Å². The first-order valence-corrected chi connectivity index (χ1v) is 5.87. The van der Waals surface area contributed by atoms with E-state index in [1.54, 1.807) is 12.4 Å². The average molecular weight is 268 g/mol. The number of H-pyrrole nitrogens is 1. The topological polar surface area (TPSA) is 110 Å². The Bertz CT molecular complexity index is 712. The van der Waals surface area contributed by atoms with Crippen LogP contribution in [0.5, 0.6) is 0 Å². The number of nitrogens with two attached hydrogens (primary N) is 1. The summed E-state index contributed by atoms with van der Waals surface area (Å²) in [4.78, 5) is 0. The van der Waals surface area contributed by atoms with Crippen molar-refractivity contribution in [1.82, 2.24) is 25.1 Å². The summed E-state index contributed by atoms with van der Waals surface area (Å²) in [5, 5.41) is 18.4. The van der Waals surface area contributed by atoms with E-state index < -0.39 is 0 Å². The Morgan fingerprint density at radius 2 is 2.15 bits per heavy atom. The molecule has 0 fully saturated rings. The number of hydrogen-bond acceptors (Lipinski definition) is 6. The molecule has 0 unspecified atom stereocenters. The molecule has 8 heteroatoms. The van der Waals surface area contributed by atoms with E-state index in [9.17, 15) is 0 Å². The molecule has 3 rings (SSSR count). The van der Waals surface area contributed by atoms with Gasteiger partial charge in [-0.15, -0.1) is 10.2 Å². The van der Waals surface area contributed by atoms with Crippen LogP contribution >= 0.6 is 0 Å². The number of hydrazone groups is 1. The number of nitrogen functional groups attached to an aromatic ring is 1. The van der Waals surface area contributed by atoms with E-state index >= 15 is 0 Å². The molecule has 3 aromatic rings. The highest BCUT2D eigenvalue weighted by Crippen LogP contribution is 2.18. The van der Waals surface area contributed by atoms with E-state index in [0.717, 1.165) is 16.8 Å². The van der Waals surface area contributed by atoms with E-state index in [4.69, 9.17) is 5.84 Å². The van der Waals surface area contributed by atoms with Crippen molar-refractivity contribution < 1.29 is 0 Å². The molecule has 0 atom stereocenters. The van der Waals surface area contributed by atoms with E-state index in [1.165, 1.54) is 11.0 Å². The molecule has 2 aromatic heterocycles. The minimum Gasteiger partial charge on any atom is -0.335 e. The van der Waals surface area contributed by atoms with Crippen molar-refractivity contribution in [3.05, 3.63) is 48.4 Å². The number of aromatic nitrogens is 5. The summed E-state index contributed by atoms with van der Waals surface area (Å²) in [6.45, 7) is 0. The fourth-order valence-corrected chi connectivity index (χ4v) is 1.71. The summed E-state index contributed by atoms with van der Waals surface area (Å²) in [7, 11) is 0. The normalized spacial score (nSPS) is 11.0. The number of nitrogens with one attached hydrogen (secondary N) is 2. The molecule has 100 valence electrons. The van der Waals surface area contributed by atoms with Gasteiger partial charge in [-0.25, -0.2) is 10.1 Å². The van der Waals surface area contributed by atoms with Gasteiger partial charge in [-0.05, 0) is 0 Å². The molecule has 0 aliphatic heterocycles. The van der Waals surface area contributed by atoms with E-state index in [-0.39, 0.29) is 0 Å². The van der Waals surface area contributed by atoms with E-state index in [1.807, 2.05) is 30.3 Å². The summed E-state index contributed by atoms with van der Waals surface area (Å²) in [5.74, 6) is 5.91. The van der Waals surface area contributed by atoms with Crippen molar-refractivity contribution in [2.75, 3.05) is 11.3 Å². The Morgan fingerprint density at radius 3 is 2.90 bits per heavy atom. The molecule has 0 bridgehead atoms. The van der Waals surface area contributed by atoms with Gasteiger partial charge in [0.1, 0.15) is 6.33 Å². The number of anilines is 1. The lowest BCUT2D eigenvalue weighted by atomic mass is 10.1. The Balaban J connectivity index is 1.79. The smallest absolute Gasteiger partial charge is 0.263 e. The van der Waals surface area contributed by atoms with Crippen LogP contribution in [0.25, 0.3) is 11.3 Å². The van der Waals surface area contributed by atoms with Crippen molar-refractivity contribution in [3.8, 4) is 11.3 Å². The second kappa shape index (κ2) is 5.22. The highest BCUT2D eigenvalue weighted by atomic mass is 15.5.